The largest absolute Gasteiger partial charge is 0.497 e. The second kappa shape index (κ2) is 21.8. The molecule has 0 amide bonds. The normalized spacial score (nSPS) is 16.8. The highest BCUT2D eigenvalue weighted by molar-refractivity contribution is 7.44. The van der Waals surface area contributed by atoms with Crippen molar-refractivity contribution < 1.29 is 37.7 Å². The van der Waals surface area contributed by atoms with Gasteiger partial charge in [-0.05, 0) is 74.2 Å². The molecule has 4 aromatic carbocycles. The number of nitro groups is 1. The molecule has 1 unspecified atom stereocenters. The number of aromatic nitrogens is 4. The van der Waals surface area contributed by atoms with Crippen molar-refractivity contribution in [3.8, 4) is 23.4 Å². The number of nitrogens with zero attached hydrogens (tertiary/aromatic N) is 6. The second-order valence-corrected chi connectivity index (χ2v) is 17.5. The topological polar surface area (TPSA) is 198 Å². The number of nitro benzene ring substituents is 1. The van der Waals surface area contributed by atoms with E-state index in [0.29, 0.717) is 35.5 Å². The Morgan fingerprint density at radius 2 is 1.55 bits per heavy atom. The average molecular weight is 920 g/mol. The molecule has 1 aliphatic heterocycles. The summed E-state index contributed by atoms with van der Waals surface area (Å²) in [4.78, 5) is 35.3. The SMILES string of the molecule is COc1ccc(C(OC[C@H]2O[C@@H](n3cnc4c(OCCc5ccc([N+](=O)[O-])cc5)nc(=O)[nH]c43)C[C@@H]2OP(OCCC#N)N(C(C)C)C(C)C)(c2ccccc2)c2ccc(OC)cc2)cc1. The van der Waals surface area contributed by atoms with Gasteiger partial charge in [0.2, 0.25) is 5.88 Å². The van der Waals surface area contributed by atoms with Crippen molar-refractivity contribution in [2.75, 3.05) is 34.0 Å². The van der Waals surface area contributed by atoms with Gasteiger partial charge in [-0.2, -0.15) is 10.2 Å². The molecule has 0 aliphatic carbocycles. The molecule has 1 aliphatic rings. The standard InChI is InChI=1S/C48H54N7O10P/c1-32(2)54(33(3)4)66(63-27-10-26-49)65-41-29-43(53-31-50-44-45(53)51-47(56)52-46(44)61-28-25-34-13-19-38(20-14-34)55(57)58)64-42(41)30-62-48(35-11-8-7-9-12-35,36-15-21-39(59-5)22-16-36)37-17-23-40(60-6)24-18-37/h7-9,11-24,31-33,41-43H,10,25,27-30H2,1-6H3,(H,51,52,56)/t41-,42+,43+,66?/m0/s1. The number of hydrogen-bond acceptors (Lipinski definition) is 14. The molecular formula is C48H54N7O10P. The predicted octanol–water partition coefficient (Wildman–Crippen LogP) is 8.62. The Bertz CT molecular complexity index is 2570. The van der Waals surface area contributed by atoms with Crippen molar-refractivity contribution in [3.05, 3.63) is 152 Å². The third-order valence-electron chi connectivity index (χ3n) is 11.2. The summed E-state index contributed by atoms with van der Waals surface area (Å²) >= 11 is 0. The lowest BCUT2D eigenvalue weighted by atomic mass is 9.80. The number of fused-ring (bicyclic) bond motifs is 1. The summed E-state index contributed by atoms with van der Waals surface area (Å²) in [6, 6.07) is 34.0. The van der Waals surface area contributed by atoms with E-state index >= 15 is 0 Å². The van der Waals surface area contributed by atoms with Crippen LogP contribution in [0.25, 0.3) is 11.2 Å². The van der Waals surface area contributed by atoms with Crippen LogP contribution in [0.1, 0.15) is 69.0 Å². The van der Waals surface area contributed by atoms with E-state index in [0.717, 1.165) is 22.3 Å². The Morgan fingerprint density at radius 1 is 0.924 bits per heavy atom. The van der Waals surface area contributed by atoms with E-state index in [2.05, 4.69) is 53.4 Å². The zero-order chi connectivity index (χ0) is 46.8. The van der Waals surface area contributed by atoms with Gasteiger partial charge in [0.25, 0.3) is 14.2 Å². The van der Waals surface area contributed by atoms with E-state index in [1.165, 1.54) is 12.1 Å². The van der Waals surface area contributed by atoms with E-state index in [1.54, 1.807) is 37.2 Å². The monoisotopic (exact) mass is 919 g/mol. The Labute approximate surface area is 384 Å². The molecule has 4 atom stereocenters. The van der Waals surface area contributed by atoms with Crippen molar-refractivity contribution in [1.29, 1.82) is 5.26 Å². The van der Waals surface area contributed by atoms with Gasteiger partial charge in [-0.25, -0.2) is 14.4 Å². The Kier molecular flexibility index (Phi) is 15.8. The Hall–Kier alpha value is -6.25. The van der Waals surface area contributed by atoms with E-state index in [-0.39, 0.29) is 49.9 Å². The van der Waals surface area contributed by atoms with Crippen LogP contribution in [0.2, 0.25) is 0 Å². The minimum Gasteiger partial charge on any atom is -0.497 e. The highest BCUT2D eigenvalue weighted by Gasteiger charge is 2.45. The minimum absolute atomic E-state index is 0.0101. The number of nitrogens with one attached hydrogen (secondary N) is 1. The first kappa shape index (κ1) is 47.7. The molecule has 7 rings (SSSR count). The fraction of sp³-hybridized carbons (Fsp3) is 0.375. The summed E-state index contributed by atoms with van der Waals surface area (Å²) in [5, 5.41) is 20.6. The van der Waals surface area contributed by atoms with Crippen LogP contribution in [0.15, 0.2) is 114 Å². The second-order valence-electron chi connectivity index (χ2n) is 16.1. The van der Waals surface area contributed by atoms with E-state index in [4.69, 9.17) is 32.7 Å². The first-order chi connectivity index (χ1) is 31.9. The fourth-order valence-electron chi connectivity index (χ4n) is 8.11. The number of imidazole rings is 1. The molecule has 1 saturated heterocycles. The van der Waals surface area contributed by atoms with Crippen LogP contribution in [0.5, 0.6) is 17.4 Å². The lowest BCUT2D eigenvalue weighted by Crippen LogP contribution is -2.39. The van der Waals surface area contributed by atoms with Crippen LogP contribution in [-0.2, 0) is 30.5 Å². The number of aromatic amines is 1. The molecule has 66 heavy (non-hydrogen) atoms. The quantitative estimate of drug-likeness (QED) is 0.0223. The maximum atomic E-state index is 13.1. The molecule has 2 aromatic heterocycles. The fourth-order valence-corrected chi connectivity index (χ4v) is 9.87. The third kappa shape index (κ3) is 10.7. The van der Waals surface area contributed by atoms with Crippen LogP contribution in [0.4, 0.5) is 5.69 Å². The molecule has 0 spiro atoms. The lowest BCUT2D eigenvalue weighted by molar-refractivity contribution is -0.384. The summed E-state index contributed by atoms with van der Waals surface area (Å²) in [6.07, 6.45) is 0.425. The van der Waals surface area contributed by atoms with Gasteiger partial charge in [0.05, 0.1) is 63.9 Å². The summed E-state index contributed by atoms with van der Waals surface area (Å²) in [5.41, 5.74) is 2.18. The minimum atomic E-state index is -1.71. The van der Waals surface area contributed by atoms with Crippen LogP contribution >= 0.6 is 8.53 Å². The highest BCUT2D eigenvalue weighted by atomic mass is 31.2. The Balaban J connectivity index is 1.25. The summed E-state index contributed by atoms with van der Waals surface area (Å²) in [6.45, 7) is 8.64. The average Bonchev–Trinajstić information content (AvgIpc) is 3.93. The molecule has 3 heterocycles. The van der Waals surface area contributed by atoms with Crippen LogP contribution < -0.4 is 19.9 Å². The number of non-ortho nitro benzene ring substituents is 1. The molecule has 0 saturated carbocycles. The number of hydrogen-bond donors (Lipinski definition) is 1. The maximum Gasteiger partial charge on any atom is 0.349 e. The summed E-state index contributed by atoms with van der Waals surface area (Å²) in [5.74, 6) is 1.41. The lowest BCUT2D eigenvalue weighted by Gasteiger charge is -2.39. The van der Waals surface area contributed by atoms with Gasteiger partial charge in [0.1, 0.15) is 35.1 Å². The molecule has 346 valence electrons. The van der Waals surface area contributed by atoms with Crippen LogP contribution in [-0.4, -0.2) is 87.4 Å². The molecule has 6 aromatic rings. The molecule has 0 bridgehead atoms. The summed E-state index contributed by atoms with van der Waals surface area (Å²) in [7, 11) is 1.54. The number of H-pyrrole nitrogens is 1. The molecule has 18 heteroatoms. The number of rotatable bonds is 22. The maximum absolute atomic E-state index is 13.1. The smallest absolute Gasteiger partial charge is 0.349 e. The van der Waals surface area contributed by atoms with Gasteiger partial charge in [-0.1, -0.05) is 66.7 Å². The first-order valence-corrected chi connectivity index (χ1v) is 22.8. The van der Waals surface area contributed by atoms with E-state index in [1.807, 2.05) is 78.9 Å². The van der Waals surface area contributed by atoms with Gasteiger partial charge in [-0.15, -0.1) is 0 Å². The van der Waals surface area contributed by atoms with Crippen LogP contribution in [0.3, 0.4) is 0 Å². The zero-order valence-corrected chi connectivity index (χ0v) is 38.6. The summed E-state index contributed by atoms with van der Waals surface area (Å²) < 4.78 is 48.8. The number of ether oxygens (including phenoxy) is 5. The molecular weight excluding hydrogens is 866 g/mol. The molecule has 0 radical (unpaired) electrons. The van der Waals surface area contributed by atoms with Gasteiger partial charge in [-0.3, -0.25) is 19.7 Å². The predicted molar refractivity (Wildman–Crippen MR) is 247 cm³/mol. The van der Waals surface area contributed by atoms with Crippen molar-refractivity contribution in [1.82, 2.24) is 24.2 Å². The number of methoxy groups -OCH3 is 2. The van der Waals surface area contributed by atoms with Crippen LogP contribution in [0, 0.1) is 21.4 Å². The van der Waals surface area contributed by atoms with Crippen molar-refractivity contribution in [2.45, 2.75) is 83.1 Å². The number of benzene rings is 4. The first-order valence-electron chi connectivity index (χ1n) is 21.7. The van der Waals surface area contributed by atoms with Gasteiger partial charge in [0, 0.05) is 37.1 Å². The zero-order valence-electron chi connectivity index (χ0n) is 37.7. The van der Waals surface area contributed by atoms with Crippen molar-refractivity contribution in [2.24, 2.45) is 0 Å². The third-order valence-corrected chi connectivity index (χ3v) is 13.4. The van der Waals surface area contributed by atoms with Gasteiger partial charge >= 0.3 is 5.69 Å². The molecule has 1 fully saturated rings. The Morgan fingerprint density at radius 3 is 2.12 bits per heavy atom. The number of nitriles is 1. The van der Waals surface area contributed by atoms with Crippen molar-refractivity contribution >= 4 is 25.4 Å². The molecule has 17 nitrogen and oxygen atoms in total. The highest BCUT2D eigenvalue weighted by Crippen LogP contribution is 2.51. The van der Waals surface area contributed by atoms with E-state index < -0.39 is 43.2 Å². The van der Waals surface area contributed by atoms with Gasteiger partial charge in [0.15, 0.2) is 5.52 Å². The van der Waals surface area contributed by atoms with Gasteiger partial charge < -0.3 is 32.7 Å². The van der Waals surface area contributed by atoms with Crippen molar-refractivity contribution in [3.63, 3.8) is 0 Å². The molecule has 1 N–H and O–H groups in total. The van der Waals surface area contributed by atoms with E-state index in [9.17, 15) is 20.2 Å².